The van der Waals surface area contributed by atoms with E-state index < -0.39 is 5.97 Å². The first-order chi connectivity index (χ1) is 13.5. The van der Waals surface area contributed by atoms with Crippen molar-refractivity contribution in [3.05, 3.63) is 76.9 Å². The third kappa shape index (κ3) is 7.34. The Kier molecular flexibility index (Phi) is 8.36. The Morgan fingerprint density at radius 1 is 0.690 bits per heavy atom. The van der Waals surface area contributed by atoms with Crippen LogP contribution < -0.4 is 0 Å². The van der Waals surface area contributed by atoms with E-state index in [0.29, 0.717) is 11.1 Å². The molecule has 0 unspecified atom stereocenters. The Balaban J connectivity index is 0.000000219. The fourth-order valence-electron chi connectivity index (χ4n) is 2.32. The molecule has 3 aromatic carbocycles. The van der Waals surface area contributed by atoms with Crippen molar-refractivity contribution in [2.75, 3.05) is 0 Å². The van der Waals surface area contributed by atoms with Crippen molar-refractivity contribution in [2.45, 2.75) is 20.8 Å². The summed E-state index contributed by atoms with van der Waals surface area (Å²) in [5.41, 5.74) is 2.09. The molecule has 0 heterocycles. The van der Waals surface area contributed by atoms with Crippen LogP contribution in [0.4, 0.5) is 0 Å². The number of carboxylic acid groups (broad SMARTS) is 1. The van der Waals surface area contributed by atoms with E-state index in [-0.39, 0.29) is 34.3 Å². The molecule has 29 heavy (non-hydrogen) atoms. The van der Waals surface area contributed by atoms with Crippen LogP contribution in [0.5, 0.6) is 28.7 Å². The molecule has 0 fully saturated rings. The number of aromatic hydroxyl groups is 5. The summed E-state index contributed by atoms with van der Waals surface area (Å²) >= 11 is 0. The molecule has 7 heteroatoms. The number of aromatic carboxylic acids is 1. The van der Waals surface area contributed by atoms with Crippen LogP contribution in [0, 0.1) is 20.8 Å². The number of carboxylic acids is 1. The maximum Gasteiger partial charge on any atom is 0.339 e. The van der Waals surface area contributed by atoms with E-state index in [1.54, 1.807) is 57.2 Å². The third-order valence-electron chi connectivity index (χ3n) is 3.73. The first-order valence-corrected chi connectivity index (χ1v) is 8.52. The second-order valence-electron chi connectivity index (χ2n) is 6.24. The van der Waals surface area contributed by atoms with E-state index in [9.17, 15) is 4.79 Å². The quantitative estimate of drug-likeness (QED) is 0.336. The highest BCUT2D eigenvalue weighted by Crippen LogP contribution is 2.26. The Morgan fingerprint density at radius 3 is 1.52 bits per heavy atom. The van der Waals surface area contributed by atoms with E-state index in [0.717, 1.165) is 5.56 Å². The molecule has 6 N–H and O–H groups in total. The number of aryl methyl sites for hydroxylation is 3. The van der Waals surface area contributed by atoms with Crippen molar-refractivity contribution in [1.29, 1.82) is 0 Å². The largest absolute Gasteiger partial charge is 0.508 e. The Bertz CT molecular complexity index is 890. The highest BCUT2D eigenvalue weighted by Gasteiger charge is 2.10. The molecule has 0 spiro atoms. The minimum atomic E-state index is -1.10. The van der Waals surface area contributed by atoms with Gasteiger partial charge >= 0.3 is 5.97 Å². The lowest BCUT2D eigenvalue weighted by Crippen LogP contribution is -1.99. The molecular weight excluding hydrogens is 376 g/mol. The number of para-hydroxylation sites is 1. The maximum atomic E-state index is 10.5. The maximum absolute atomic E-state index is 10.5. The molecule has 0 amide bonds. The zero-order chi connectivity index (χ0) is 22.1. The number of hydrogen-bond donors (Lipinski definition) is 6. The van der Waals surface area contributed by atoms with Crippen molar-refractivity contribution in [3.63, 3.8) is 0 Å². The van der Waals surface area contributed by atoms with Gasteiger partial charge in [0.25, 0.3) is 0 Å². The van der Waals surface area contributed by atoms with Crippen LogP contribution in [0.25, 0.3) is 0 Å². The minimum absolute atomic E-state index is 0.0208. The van der Waals surface area contributed by atoms with Gasteiger partial charge in [-0.05, 0) is 61.7 Å². The molecule has 3 aromatic rings. The molecule has 0 atom stereocenters. The summed E-state index contributed by atoms with van der Waals surface area (Å²) in [6.07, 6.45) is 0. The summed E-state index contributed by atoms with van der Waals surface area (Å²) in [6, 6.07) is 13.9. The smallest absolute Gasteiger partial charge is 0.339 e. The van der Waals surface area contributed by atoms with Gasteiger partial charge in [-0.25, -0.2) is 4.79 Å². The van der Waals surface area contributed by atoms with Crippen LogP contribution in [0.2, 0.25) is 0 Å². The molecule has 0 aliphatic heterocycles. The fraction of sp³-hybridized carbons (Fsp3) is 0.136. The second kappa shape index (κ2) is 10.5. The first-order valence-electron chi connectivity index (χ1n) is 8.52. The van der Waals surface area contributed by atoms with Gasteiger partial charge in [0.15, 0.2) is 11.5 Å². The molecule has 3 rings (SSSR count). The second-order valence-corrected chi connectivity index (χ2v) is 6.24. The number of rotatable bonds is 1. The molecular formula is C22H24O7. The summed E-state index contributed by atoms with van der Waals surface area (Å²) in [4.78, 5) is 10.5. The fourth-order valence-corrected chi connectivity index (χ4v) is 2.32. The van der Waals surface area contributed by atoms with Gasteiger partial charge in [0.1, 0.15) is 22.8 Å². The molecule has 0 aromatic heterocycles. The van der Waals surface area contributed by atoms with Crippen molar-refractivity contribution in [3.8, 4) is 28.7 Å². The Hall–Kier alpha value is -3.87. The highest BCUT2D eigenvalue weighted by molar-refractivity contribution is 5.92. The van der Waals surface area contributed by atoms with Gasteiger partial charge in [-0.3, -0.25) is 0 Å². The Morgan fingerprint density at radius 2 is 1.17 bits per heavy atom. The SMILES string of the molecule is Cc1cc(O)cc(O)c1.Cc1cccc(O)c1C(=O)O.Cc1cccc(O)c1O. The number of carbonyl (C=O) groups is 1. The van der Waals surface area contributed by atoms with Crippen LogP contribution >= 0.6 is 0 Å². The number of benzene rings is 3. The van der Waals surface area contributed by atoms with E-state index in [1.165, 1.54) is 18.2 Å². The van der Waals surface area contributed by atoms with E-state index in [2.05, 4.69) is 0 Å². The summed E-state index contributed by atoms with van der Waals surface area (Å²) in [7, 11) is 0. The molecule has 0 radical (unpaired) electrons. The number of phenols is 5. The number of hydrogen-bond acceptors (Lipinski definition) is 6. The van der Waals surface area contributed by atoms with Crippen LogP contribution in [-0.2, 0) is 0 Å². The standard InChI is InChI=1S/C8H8O3.2C7H8O2/c1-5-3-2-4-6(9)7(5)8(10)11;1-5-2-6(8)4-7(9)3-5;1-5-3-2-4-6(8)7(5)9/h2-4,9H,1H3,(H,10,11);2*2-4,8-9H,1H3. The monoisotopic (exact) mass is 400 g/mol. The average molecular weight is 400 g/mol. The molecule has 154 valence electrons. The zero-order valence-corrected chi connectivity index (χ0v) is 16.3. The summed E-state index contributed by atoms with van der Waals surface area (Å²) < 4.78 is 0. The number of phenolic OH excluding ortho intramolecular Hbond substituents is 4. The predicted octanol–water partition coefficient (Wildman–Crippen LogP) is 4.21. The lowest BCUT2D eigenvalue weighted by Gasteiger charge is -2.01. The van der Waals surface area contributed by atoms with Gasteiger partial charge in [-0.1, -0.05) is 24.3 Å². The van der Waals surface area contributed by atoms with Crippen LogP contribution in [-0.4, -0.2) is 36.6 Å². The summed E-state index contributed by atoms with van der Waals surface area (Å²) in [5, 5.41) is 53.1. The molecule has 0 bridgehead atoms. The predicted molar refractivity (Wildman–Crippen MR) is 109 cm³/mol. The average Bonchev–Trinajstić information content (AvgIpc) is 2.59. The Labute approximate surface area is 168 Å². The molecule has 7 nitrogen and oxygen atoms in total. The normalized spacial score (nSPS) is 9.48. The van der Waals surface area contributed by atoms with Crippen LogP contribution in [0.15, 0.2) is 54.6 Å². The minimum Gasteiger partial charge on any atom is -0.508 e. The van der Waals surface area contributed by atoms with Gasteiger partial charge < -0.3 is 30.6 Å². The third-order valence-corrected chi connectivity index (χ3v) is 3.73. The van der Waals surface area contributed by atoms with Gasteiger partial charge in [-0.2, -0.15) is 0 Å². The molecule has 0 saturated carbocycles. The van der Waals surface area contributed by atoms with Crippen molar-refractivity contribution >= 4 is 5.97 Å². The first kappa shape index (κ1) is 23.2. The van der Waals surface area contributed by atoms with Gasteiger partial charge in [0, 0.05) is 6.07 Å². The summed E-state index contributed by atoms with van der Waals surface area (Å²) in [6.45, 7) is 5.18. The van der Waals surface area contributed by atoms with E-state index in [1.807, 2.05) is 0 Å². The lowest BCUT2D eigenvalue weighted by molar-refractivity contribution is 0.0693. The van der Waals surface area contributed by atoms with Crippen molar-refractivity contribution in [2.24, 2.45) is 0 Å². The molecule has 0 aliphatic rings. The van der Waals surface area contributed by atoms with E-state index in [4.69, 9.17) is 30.6 Å². The van der Waals surface area contributed by atoms with Crippen molar-refractivity contribution in [1.82, 2.24) is 0 Å². The topological polar surface area (TPSA) is 138 Å². The highest BCUT2D eigenvalue weighted by atomic mass is 16.4. The summed E-state index contributed by atoms with van der Waals surface area (Å²) in [5.74, 6) is -1.16. The van der Waals surface area contributed by atoms with Gasteiger partial charge in [-0.15, -0.1) is 0 Å². The lowest BCUT2D eigenvalue weighted by atomic mass is 10.1. The van der Waals surface area contributed by atoms with Gasteiger partial charge in [0.2, 0.25) is 0 Å². The van der Waals surface area contributed by atoms with Crippen LogP contribution in [0.3, 0.4) is 0 Å². The zero-order valence-electron chi connectivity index (χ0n) is 16.3. The molecule has 0 saturated heterocycles. The van der Waals surface area contributed by atoms with Gasteiger partial charge in [0.05, 0.1) is 0 Å². The van der Waals surface area contributed by atoms with Crippen LogP contribution in [0.1, 0.15) is 27.0 Å². The van der Waals surface area contributed by atoms with E-state index >= 15 is 0 Å². The molecule has 0 aliphatic carbocycles. The van der Waals surface area contributed by atoms with Crippen molar-refractivity contribution < 1.29 is 35.4 Å².